The number of nitrogens with one attached hydrogen (secondary N) is 1. The molecule has 4 rings (SSSR count). The molecule has 0 unspecified atom stereocenters. The average molecular weight is 471 g/mol. The van der Waals surface area contributed by atoms with Crippen molar-refractivity contribution in [3.05, 3.63) is 125 Å². The lowest BCUT2D eigenvalue weighted by Gasteiger charge is -2.12. The van der Waals surface area contributed by atoms with E-state index in [-0.39, 0.29) is 5.91 Å². The molecule has 0 saturated heterocycles. The van der Waals surface area contributed by atoms with E-state index in [0.29, 0.717) is 17.1 Å². The van der Waals surface area contributed by atoms with Crippen LogP contribution < -0.4 is 10.1 Å². The highest BCUT2D eigenvalue weighted by atomic mass is 79.9. The van der Waals surface area contributed by atoms with Crippen molar-refractivity contribution in [3.8, 4) is 11.5 Å². The van der Waals surface area contributed by atoms with Crippen LogP contribution >= 0.6 is 15.9 Å². The summed E-state index contributed by atoms with van der Waals surface area (Å²) in [6.45, 7) is 0. The SMILES string of the molecule is O=C(NC(=Nc1ccc(Br)cc1)c1cccc(Oc2ccccc2)c1)c1ccccc1. The van der Waals surface area contributed by atoms with Crippen LogP contribution in [-0.4, -0.2) is 11.7 Å². The van der Waals surface area contributed by atoms with E-state index in [1.54, 1.807) is 12.1 Å². The van der Waals surface area contributed by atoms with Gasteiger partial charge in [0, 0.05) is 15.6 Å². The van der Waals surface area contributed by atoms with Gasteiger partial charge in [0.25, 0.3) is 5.91 Å². The van der Waals surface area contributed by atoms with Crippen LogP contribution in [0, 0.1) is 0 Å². The van der Waals surface area contributed by atoms with E-state index in [1.807, 2.05) is 97.1 Å². The number of benzene rings is 4. The number of para-hydroxylation sites is 1. The van der Waals surface area contributed by atoms with Crippen LogP contribution in [0.5, 0.6) is 11.5 Å². The van der Waals surface area contributed by atoms with Gasteiger partial charge in [-0.1, -0.05) is 64.5 Å². The van der Waals surface area contributed by atoms with Gasteiger partial charge in [0.1, 0.15) is 17.3 Å². The molecular weight excluding hydrogens is 452 g/mol. The molecule has 0 aliphatic rings. The van der Waals surface area contributed by atoms with Gasteiger partial charge in [-0.25, -0.2) is 4.99 Å². The van der Waals surface area contributed by atoms with E-state index in [2.05, 4.69) is 21.2 Å². The molecule has 1 amide bonds. The molecule has 0 atom stereocenters. The molecule has 0 spiro atoms. The zero-order valence-corrected chi connectivity index (χ0v) is 18.1. The fourth-order valence-electron chi connectivity index (χ4n) is 2.91. The van der Waals surface area contributed by atoms with Gasteiger partial charge in [-0.05, 0) is 60.7 Å². The number of rotatable bonds is 5. The maximum absolute atomic E-state index is 12.8. The number of amides is 1. The van der Waals surface area contributed by atoms with E-state index in [1.165, 1.54) is 0 Å². The van der Waals surface area contributed by atoms with Crippen LogP contribution in [0.4, 0.5) is 5.69 Å². The van der Waals surface area contributed by atoms with Gasteiger partial charge in [-0.3, -0.25) is 4.79 Å². The van der Waals surface area contributed by atoms with E-state index in [9.17, 15) is 4.79 Å². The topological polar surface area (TPSA) is 50.7 Å². The highest BCUT2D eigenvalue weighted by Gasteiger charge is 2.12. The molecule has 0 bridgehead atoms. The molecule has 31 heavy (non-hydrogen) atoms. The number of hydrogen-bond acceptors (Lipinski definition) is 3. The Labute approximate surface area is 189 Å². The Morgan fingerprint density at radius 3 is 2.03 bits per heavy atom. The molecule has 0 fully saturated rings. The first-order valence-corrected chi connectivity index (χ1v) is 10.5. The van der Waals surface area contributed by atoms with Crippen LogP contribution in [-0.2, 0) is 0 Å². The predicted molar refractivity (Wildman–Crippen MR) is 127 cm³/mol. The second-order valence-electron chi connectivity index (χ2n) is 6.70. The lowest BCUT2D eigenvalue weighted by Crippen LogP contribution is -2.31. The van der Waals surface area contributed by atoms with Gasteiger partial charge in [-0.2, -0.15) is 0 Å². The van der Waals surface area contributed by atoms with Gasteiger partial charge in [-0.15, -0.1) is 0 Å². The monoisotopic (exact) mass is 470 g/mol. The summed E-state index contributed by atoms with van der Waals surface area (Å²) < 4.78 is 6.91. The zero-order chi connectivity index (χ0) is 21.5. The Balaban J connectivity index is 1.67. The van der Waals surface area contributed by atoms with Crippen molar-refractivity contribution in [3.63, 3.8) is 0 Å². The van der Waals surface area contributed by atoms with Crippen LogP contribution in [0.3, 0.4) is 0 Å². The molecule has 0 saturated carbocycles. The minimum absolute atomic E-state index is 0.231. The number of aliphatic imine (C=N–C) groups is 1. The minimum atomic E-state index is -0.231. The Bertz CT molecular complexity index is 1190. The normalized spacial score (nSPS) is 11.1. The van der Waals surface area contributed by atoms with Gasteiger partial charge < -0.3 is 10.1 Å². The lowest BCUT2D eigenvalue weighted by atomic mass is 10.1. The summed E-state index contributed by atoms with van der Waals surface area (Å²) >= 11 is 3.43. The Morgan fingerprint density at radius 2 is 1.32 bits per heavy atom. The third kappa shape index (κ3) is 5.68. The summed E-state index contributed by atoms with van der Waals surface area (Å²) in [7, 11) is 0. The highest BCUT2D eigenvalue weighted by Crippen LogP contribution is 2.23. The Hall–Kier alpha value is -3.70. The second-order valence-corrected chi connectivity index (χ2v) is 7.62. The van der Waals surface area contributed by atoms with Crippen molar-refractivity contribution in [2.24, 2.45) is 4.99 Å². The minimum Gasteiger partial charge on any atom is -0.457 e. The molecule has 4 aromatic carbocycles. The maximum Gasteiger partial charge on any atom is 0.256 e. The number of carbonyl (C=O) groups excluding carboxylic acids is 1. The number of nitrogens with zero attached hydrogens (tertiary/aromatic N) is 1. The van der Waals surface area contributed by atoms with Crippen molar-refractivity contribution in [2.45, 2.75) is 0 Å². The summed E-state index contributed by atoms with van der Waals surface area (Å²) in [5, 5.41) is 2.95. The van der Waals surface area contributed by atoms with Crippen molar-refractivity contribution < 1.29 is 9.53 Å². The number of carbonyl (C=O) groups is 1. The molecule has 1 N–H and O–H groups in total. The molecule has 4 aromatic rings. The number of halogens is 1. The summed E-state index contributed by atoms with van der Waals surface area (Å²) in [6, 6.07) is 33.7. The van der Waals surface area contributed by atoms with Gasteiger partial charge in [0.05, 0.1) is 5.69 Å². The van der Waals surface area contributed by atoms with Gasteiger partial charge >= 0.3 is 0 Å². The van der Waals surface area contributed by atoms with E-state index in [4.69, 9.17) is 9.73 Å². The Morgan fingerprint density at radius 1 is 0.710 bits per heavy atom. The van der Waals surface area contributed by atoms with Crippen LogP contribution in [0.2, 0.25) is 0 Å². The van der Waals surface area contributed by atoms with Gasteiger partial charge in [0.2, 0.25) is 0 Å². The smallest absolute Gasteiger partial charge is 0.256 e. The standard InChI is InChI=1S/C26H19BrN2O2/c27-21-14-16-22(17-15-21)28-25(29-26(30)19-8-3-1-4-9-19)20-10-7-13-24(18-20)31-23-11-5-2-6-12-23/h1-18H,(H,28,29,30). The molecule has 5 heteroatoms. The molecule has 4 nitrogen and oxygen atoms in total. The maximum atomic E-state index is 12.8. The fraction of sp³-hybridized carbons (Fsp3) is 0. The quantitative estimate of drug-likeness (QED) is 0.259. The molecule has 0 aromatic heterocycles. The van der Waals surface area contributed by atoms with Crippen LogP contribution in [0.15, 0.2) is 119 Å². The van der Waals surface area contributed by atoms with Crippen molar-refractivity contribution in [2.75, 3.05) is 0 Å². The summed E-state index contributed by atoms with van der Waals surface area (Å²) in [5.41, 5.74) is 2.02. The predicted octanol–water partition coefficient (Wildman–Crippen LogP) is 6.75. The molecule has 0 aliphatic carbocycles. The molecule has 152 valence electrons. The van der Waals surface area contributed by atoms with Crippen molar-refractivity contribution in [1.82, 2.24) is 5.32 Å². The third-order valence-corrected chi connectivity index (χ3v) is 4.95. The lowest BCUT2D eigenvalue weighted by molar-refractivity contribution is 0.0977. The first kappa shape index (κ1) is 20.6. The van der Waals surface area contributed by atoms with E-state index in [0.717, 1.165) is 21.5 Å². The third-order valence-electron chi connectivity index (χ3n) is 4.42. The number of amidine groups is 1. The molecular formula is C26H19BrN2O2. The first-order valence-electron chi connectivity index (χ1n) is 9.71. The average Bonchev–Trinajstić information content (AvgIpc) is 2.81. The number of hydrogen-bond donors (Lipinski definition) is 1. The number of ether oxygens (including phenoxy) is 1. The summed E-state index contributed by atoms with van der Waals surface area (Å²) in [6.07, 6.45) is 0. The Kier molecular flexibility index (Phi) is 6.55. The summed E-state index contributed by atoms with van der Waals surface area (Å²) in [5.74, 6) is 1.60. The van der Waals surface area contributed by atoms with E-state index >= 15 is 0 Å². The van der Waals surface area contributed by atoms with Crippen molar-refractivity contribution in [1.29, 1.82) is 0 Å². The molecule has 0 radical (unpaired) electrons. The molecule has 0 heterocycles. The van der Waals surface area contributed by atoms with E-state index < -0.39 is 0 Å². The fourth-order valence-corrected chi connectivity index (χ4v) is 3.17. The summed E-state index contributed by atoms with van der Waals surface area (Å²) in [4.78, 5) is 17.5. The van der Waals surface area contributed by atoms with Crippen LogP contribution in [0.25, 0.3) is 0 Å². The largest absolute Gasteiger partial charge is 0.457 e. The van der Waals surface area contributed by atoms with Gasteiger partial charge in [0.15, 0.2) is 0 Å². The highest BCUT2D eigenvalue weighted by molar-refractivity contribution is 9.10. The molecule has 0 aliphatic heterocycles. The first-order chi connectivity index (χ1) is 15.2. The van der Waals surface area contributed by atoms with Crippen molar-refractivity contribution >= 4 is 33.4 Å². The van der Waals surface area contributed by atoms with Crippen LogP contribution in [0.1, 0.15) is 15.9 Å². The second kappa shape index (κ2) is 9.87. The zero-order valence-electron chi connectivity index (χ0n) is 16.5.